The molecule has 3 aliphatic rings. The largest absolute Gasteiger partial charge is 0.465 e. The highest BCUT2D eigenvalue weighted by molar-refractivity contribution is 7.13. The maximum absolute atomic E-state index is 13.1. The first-order valence-corrected chi connectivity index (χ1v) is 9.74. The Morgan fingerprint density at radius 2 is 2.03 bits per heavy atom. The average molecular weight is 420 g/mol. The molecule has 2 atom stereocenters. The number of Topliss-reactive ketones (excluding diaryl/α,β-unsaturated/α-hetero) is 1. The van der Waals surface area contributed by atoms with Gasteiger partial charge in [-0.3, -0.25) is 9.69 Å². The zero-order valence-corrected chi connectivity index (χ0v) is 15.6. The second kappa shape index (κ2) is 6.48. The van der Waals surface area contributed by atoms with Crippen molar-refractivity contribution in [1.29, 1.82) is 0 Å². The number of hydrogen-bond acceptors (Lipinski definition) is 7. The second-order valence-corrected chi connectivity index (χ2v) is 7.87. The lowest BCUT2D eigenvalue weighted by atomic mass is 9.88. The minimum Gasteiger partial charge on any atom is -0.465 e. The smallest absolute Gasteiger partial charge is 0.407 e. The van der Waals surface area contributed by atoms with Crippen molar-refractivity contribution in [3.63, 3.8) is 0 Å². The molecule has 0 radical (unpaired) electrons. The topological polar surface area (TPSA) is 99.8 Å². The summed E-state index contributed by atoms with van der Waals surface area (Å²) >= 11 is 1.35. The number of benzene rings is 1. The second-order valence-electron chi connectivity index (χ2n) is 6.98. The Kier molecular flexibility index (Phi) is 4.02. The number of piperidine rings is 1. The maximum atomic E-state index is 13.1. The number of hydrogen-bond donors (Lipinski definition) is 1. The van der Waals surface area contributed by atoms with Gasteiger partial charge < -0.3 is 14.4 Å². The molecular weight excluding hydrogens is 406 g/mol. The molecule has 5 heterocycles. The average Bonchev–Trinajstić information content (AvgIpc) is 3.36. The highest BCUT2D eigenvalue weighted by Gasteiger charge is 2.48. The Morgan fingerprint density at radius 3 is 2.66 bits per heavy atom. The number of aromatic nitrogens is 2. The number of anilines is 1. The highest BCUT2D eigenvalue weighted by atomic mass is 32.1. The molecule has 150 valence electrons. The molecule has 0 aliphatic carbocycles. The fraction of sp³-hybridized carbons (Fsp3) is 0.333. The van der Waals surface area contributed by atoms with Gasteiger partial charge in [0.05, 0.1) is 23.2 Å². The molecule has 6 rings (SSSR count). The van der Waals surface area contributed by atoms with Gasteiger partial charge in [-0.2, -0.15) is 4.98 Å². The number of carbonyl (C=O) groups excluding carboxylic acids is 1. The van der Waals surface area contributed by atoms with E-state index in [-0.39, 0.29) is 34.8 Å². The molecule has 2 bridgehead atoms. The number of rotatable bonds is 4. The minimum absolute atomic E-state index is 0.0623. The molecule has 3 fully saturated rings. The van der Waals surface area contributed by atoms with Crippen molar-refractivity contribution >= 4 is 40.3 Å². The van der Waals surface area contributed by atoms with Crippen molar-refractivity contribution in [2.75, 3.05) is 18.0 Å². The summed E-state index contributed by atoms with van der Waals surface area (Å²) in [6.07, 6.45) is -1.74. The number of halogens is 2. The number of thiazole rings is 1. The molecule has 1 amide bonds. The quantitative estimate of drug-likeness (QED) is 0.646. The van der Waals surface area contributed by atoms with E-state index in [2.05, 4.69) is 9.97 Å². The fourth-order valence-electron chi connectivity index (χ4n) is 4.05. The van der Waals surface area contributed by atoms with Gasteiger partial charge in [0.1, 0.15) is 10.5 Å². The molecule has 11 heteroatoms. The van der Waals surface area contributed by atoms with Crippen molar-refractivity contribution in [3.8, 4) is 10.6 Å². The Morgan fingerprint density at radius 1 is 1.28 bits per heavy atom. The van der Waals surface area contributed by atoms with Crippen LogP contribution in [0.5, 0.6) is 0 Å². The number of alkyl halides is 2. The summed E-state index contributed by atoms with van der Waals surface area (Å²) in [5.74, 6) is -1.32. The molecule has 2 unspecified atom stereocenters. The summed E-state index contributed by atoms with van der Waals surface area (Å²) in [5, 5.41) is 11.6. The fourth-order valence-corrected chi connectivity index (χ4v) is 4.71. The molecule has 2 aromatic heterocycles. The molecule has 0 spiro atoms. The lowest BCUT2D eigenvalue weighted by Gasteiger charge is -2.54. The maximum Gasteiger partial charge on any atom is 0.407 e. The monoisotopic (exact) mass is 420 g/mol. The van der Waals surface area contributed by atoms with E-state index in [4.69, 9.17) is 4.42 Å². The van der Waals surface area contributed by atoms with Gasteiger partial charge in [-0.05, 0) is 18.6 Å². The number of nitrogens with zero attached hydrogens (tertiary/aromatic N) is 4. The van der Waals surface area contributed by atoms with Crippen LogP contribution in [0.25, 0.3) is 21.7 Å². The van der Waals surface area contributed by atoms with Crippen LogP contribution in [0.1, 0.15) is 16.8 Å². The van der Waals surface area contributed by atoms with Crippen molar-refractivity contribution in [1.82, 2.24) is 14.9 Å². The van der Waals surface area contributed by atoms with Crippen molar-refractivity contribution in [2.24, 2.45) is 0 Å². The SMILES string of the molecule is O=C(c1ccc(-c2nccs2)c2oc(N3CC4CC(C3)N4C(=O)O)nc12)C(F)F. The highest BCUT2D eigenvalue weighted by Crippen LogP contribution is 2.38. The molecule has 1 N–H and O–H groups in total. The Balaban J connectivity index is 1.58. The van der Waals surface area contributed by atoms with E-state index in [0.29, 0.717) is 23.7 Å². The van der Waals surface area contributed by atoms with Gasteiger partial charge >= 0.3 is 12.5 Å². The predicted octanol–water partition coefficient (Wildman–Crippen LogP) is 3.34. The van der Waals surface area contributed by atoms with Crippen LogP contribution in [-0.2, 0) is 0 Å². The molecule has 29 heavy (non-hydrogen) atoms. The van der Waals surface area contributed by atoms with Crippen molar-refractivity contribution in [3.05, 3.63) is 29.3 Å². The number of carboxylic acid groups (broad SMARTS) is 1. The summed E-state index contributed by atoms with van der Waals surface area (Å²) in [6.45, 7) is 0.778. The van der Waals surface area contributed by atoms with Crippen LogP contribution >= 0.6 is 11.3 Å². The zero-order chi connectivity index (χ0) is 20.3. The van der Waals surface area contributed by atoms with Crippen LogP contribution < -0.4 is 4.90 Å². The molecule has 3 saturated heterocycles. The van der Waals surface area contributed by atoms with E-state index in [1.165, 1.54) is 28.4 Å². The number of carbonyl (C=O) groups is 2. The van der Waals surface area contributed by atoms with E-state index < -0.39 is 18.3 Å². The molecule has 3 aromatic rings. The normalized spacial score (nSPS) is 20.9. The van der Waals surface area contributed by atoms with E-state index in [1.54, 1.807) is 16.5 Å². The van der Waals surface area contributed by atoms with E-state index in [9.17, 15) is 23.5 Å². The van der Waals surface area contributed by atoms with Crippen LogP contribution in [-0.4, -0.2) is 63.4 Å². The van der Waals surface area contributed by atoms with Gasteiger partial charge in [0.2, 0.25) is 5.78 Å². The summed E-state index contributed by atoms with van der Waals surface area (Å²) < 4.78 is 32.0. The minimum atomic E-state index is -3.16. The van der Waals surface area contributed by atoms with E-state index in [0.717, 1.165) is 6.42 Å². The lowest BCUT2D eigenvalue weighted by Crippen LogP contribution is -2.70. The van der Waals surface area contributed by atoms with E-state index >= 15 is 0 Å². The Labute approximate surface area is 166 Å². The van der Waals surface area contributed by atoms with Crippen LogP contribution in [0.15, 0.2) is 28.1 Å². The molecular formula is C18H14F2N4O4S. The Bertz CT molecular complexity index is 1100. The van der Waals surface area contributed by atoms with Crippen LogP contribution in [0.3, 0.4) is 0 Å². The third kappa shape index (κ3) is 2.76. The van der Waals surface area contributed by atoms with Crippen molar-refractivity contribution < 1.29 is 27.9 Å². The first-order chi connectivity index (χ1) is 13.9. The molecule has 1 aromatic carbocycles. The van der Waals surface area contributed by atoms with Crippen LogP contribution in [0.4, 0.5) is 19.6 Å². The summed E-state index contributed by atoms with van der Waals surface area (Å²) in [7, 11) is 0. The van der Waals surface area contributed by atoms with Crippen LogP contribution in [0, 0.1) is 0 Å². The summed E-state index contributed by atoms with van der Waals surface area (Å²) in [5.41, 5.74) is 0.636. The summed E-state index contributed by atoms with van der Waals surface area (Å²) in [6, 6.07) is 2.71. The van der Waals surface area contributed by atoms with Crippen molar-refractivity contribution in [2.45, 2.75) is 24.9 Å². The first kappa shape index (κ1) is 18.0. The van der Waals surface area contributed by atoms with E-state index in [1.807, 2.05) is 0 Å². The number of piperazine rings is 1. The summed E-state index contributed by atoms with van der Waals surface area (Å²) in [4.78, 5) is 35.1. The zero-order valence-electron chi connectivity index (χ0n) is 14.8. The number of oxazole rings is 1. The molecule has 3 aliphatic heterocycles. The van der Waals surface area contributed by atoms with Crippen LogP contribution in [0.2, 0.25) is 0 Å². The molecule has 0 saturated carbocycles. The van der Waals surface area contributed by atoms with Gasteiger partial charge in [-0.15, -0.1) is 11.3 Å². The number of amides is 1. The number of fused-ring (bicyclic) bond motifs is 3. The van der Waals surface area contributed by atoms with Gasteiger partial charge in [-0.1, -0.05) is 0 Å². The third-order valence-corrected chi connectivity index (χ3v) is 6.15. The first-order valence-electron chi connectivity index (χ1n) is 8.86. The van der Waals surface area contributed by atoms with Gasteiger partial charge in [0, 0.05) is 24.7 Å². The lowest BCUT2D eigenvalue weighted by molar-refractivity contribution is 0.0101. The Hall–Kier alpha value is -3.08. The molecule has 8 nitrogen and oxygen atoms in total. The predicted molar refractivity (Wildman–Crippen MR) is 99.7 cm³/mol. The van der Waals surface area contributed by atoms with Gasteiger partial charge in [-0.25, -0.2) is 18.6 Å². The standard InChI is InChI=1S/C18H14F2N4O4S/c19-15(20)13(25)10-1-2-11(16-21-3-4-29-16)14-12(10)22-17(28-14)23-6-8-5-9(7-23)24(8)18(26)27/h1-4,8-9,15H,5-7H2,(H,26,27). The van der Waals surface area contributed by atoms with Gasteiger partial charge in [0.25, 0.3) is 6.01 Å². The third-order valence-electron chi connectivity index (χ3n) is 5.34. The van der Waals surface area contributed by atoms with Gasteiger partial charge in [0.15, 0.2) is 5.58 Å². The number of ketones is 1.